The van der Waals surface area contributed by atoms with Crippen LogP contribution < -0.4 is 5.32 Å². The van der Waals surface area contributed by atoms with E-state index in [-0.39, 0.29) is 23.4 Å². The SMILES string of the molecule is O=C(CN1CCC(C(=O)N2CCOCC2)CC1)Nc1c(Cl)cccc1C(F)(F)F. The number of carbonyl (C=O) groups is 2. The fraction of sp³-hybridized carbons (Fsp3) is 0.579. The van der Waals surface area contributed by atoms with Gasteiger partial charge in [-0.25, -0.2) is 0 Å². The normalized spacial score (nSPS) is 19.2. The standard InChI is InChI=1S/C19H23ClF3N3O3/c20-15-3-1-2-14(19(21,22)23)17(15)24-16(27)12-25-6-4-13(5-7-25)18(28)26-8-10-29-11-9-26/h1-3,13H,4-12H2,(H,24,27). The average Bonchev–Trinajstić information content (AvgIpc) is 2.69. The van der Waals surface area contributed by atoms with E-state index >= 15 is 0 Å². The molecular formula is C19H23ClF3N3O3. The average molecular weight is 434 g/mol. The van der Waals surface area contributed by atoms with Crippen LogP contribution in [-0.4, -0.2) is 67.6 Å². The predicted octanol–water partition coefficient (Wildman–Crippen LogP) is 2.87. The van der Waals surface area contributed by atoms with Crippen LogP contribution in [0.2, 0.25) is 5.02 Å². The van der Waals surface area contributed by atoms with Crippen molar-refractivity contribution in [2.24, 2.45) is 5.92 Å². The lowest BCUT2D eigenvalue weighted by Gasteiger charge is -2.35. The molecule has 1 aromatic rings. The molecule has 2 amide bonds. The van der Waals surface area contributed by atoms with E-state index in [1.165, 1.54) is 12.1 Å². The van der Waals surface area contributed by atoms with Crippen molar-refractivity contribution < 1.29 is 27.5 Å². The molecule has 29 heavy (non-hydrogen) atoms. The van der Waals surface area contributed by atoms with Gasteiger partial charge in [-0.05, 0) is 38.1 Å². The molecule has 0 aromatic heterocycles. The molecule has 3 rings (SSSR count). The summed E-state index contributed by atoms with van der Waals surface area (Å²) in [4.78, 5) is 28.5. The molecule has 2 aliphatic heterocycles. The molecule has 0 spiro atoms. The molecule has 2 heterocycles. The summed E-state index contributed by atoms with van der Waals surface area (Å²) in [5.74, 6) is -0.544. The van der Waals surface area contributed by atoms with Gasteiger partial charge in [-0.1, -0.05) is 17.7 Å². The lowest BCUT2D eigenvalue weighted by atomic mass is 9.95. The highest BCUT2D eigenvalue weighted by Crippen LogP contribution is 2.38. The number of para-hydroxylation sites is 1. The van der Waals surface area contributed by atoms with Crippen molar-refractivity contribution in [3.63, 3.8) is 0 Å². The number of nitrogens with one attached hydrogen (secondary N) is 1. The smallest absolute Gasteiger partial charge is 0.378 e. The van der Waals surface area contributed by atoms with Gasteiger partial charge in [0.2, 0.25) is 11.8 Å². The molecule has 2 aliphatic rings. The van der Waals surface area contributed by atoms with Crippen LogP contribution in [0.4, 0.5) is 18.9 Å². The van der Waals surface area contributed by atoms with Gasteiger partial charge in [0.25, 0.3) is 0 Å². The summed E-state index contributed by atoms with van der Waals surface area (Å²) in [5.41, 5.74) is -1.41. The number of nitrogens with zero attached hydrogens (tertiary/aromatic N) is 2. The lowest BCUT2D eigenvalue weighted by Crippen LogP contribution is -2.47. The summed E-state index contributed by atoms with van der Waals surface area (Å²) in [5, 5.41) is 2.13. The quantitative estimate of drug-likeness (QED) is 0.793. The number of alkyl halides is 3. The van der Waals surface area contributed by atoms with Crippen LogP contribution in [0.1, 0.15) is 18.4 Å². The van der Waals surface area contributed by atoms with Gasteiger partial charge in [0.1, 0.15) is 0 Å². The second-order valence-corrected chi connectivity index (χ2v) is 7.60. The number of piperidine rings is 1. The van der Waals surface area contributed by atoms with E-state index in [0.717, 1.165) is 6.07 Å². The third-order valence-corrected chi connectivity index (χ3v) is 5.53. The summed E-state index contributed by atoms with van der Waals surface area (Å²) in [7, 11) is 0. The van der Waals surface area contributed by atoms with Crippen LogP contribution in [0.5, 0.6) is 0 Å². The van der Waals surface area contributed by atoms with Crippen LogP contribution in [0.3, 0.4) is 0 Å². The Morgan fingerprint density at radius 1 is 1.14 bits per heavy atom. The van der Waals surface area contributed by atoms with Crippen LogP contribution in [0, 0.1) is 5.92 Å². The Kier molecular flexibility index (Phi) is 7.02. The molecular weight excluding hydrogens is 411 g/mol. The number of benzene rings is 1. The lowest BCUT2D eigenvalue weighted by molar-refractivity contribution is -0.141. The van der Waals surface area contributed by atoms with E-state index in [4.69, 9.17) is 16.3 Å². The van der Waals surface area contributed by atoms with Crippen LogP contribution in [0.25, 0.3) is 0 Å². The second-order valence-electron chi connectivity index (χ2n) is 7.20. The monoisotopic (exact) mass is 433 g/mol. The van der Waals surface area contributed by atoms with Crippen molar-refractivity contribution in [1.29, 1.82) is 0 Å². The number of rotatable bonds is 4. The Labute approximate surface area is 171 Å². The summed E-state index contributed by atoms with van der Waals surface area (Å²) < 4.78 is 44.7. The number of likely N-dealkylation sites (tertiary alicyclic amines) is 1. The van der Waals surface area contributed by atoms with E-state index in [0.29, 0.717) is 52.2 Å². The largest absolute Gasteiger partial charge is 0.418 e. The van der Waals surface area contributed by atoms with Gasteiger partial charge in [-0.2, -0.15) is 13.2 Å². The maximum atomic E-state index is 13.1. The molecule has 1 aromatic carbocycles. The number of hydrogen-bond acceptors (Lipinski definition) is 4. The highest BCUT2D eigenvalue weighted by Gasteiger charge is 2.35. The molecule has 10 heteroatoms. The van der Waals surface area contributed by atoms with Crippen molar-refractivity contribution in [1.82, 2.24) is 9.80 Å². The number of halogens is 4. The number of morpholine rings is 1. The molecule has 0 bridgehead atoms. The number of anilines is 1. The van der Waals surface area contributed by atoms with Crippen molar-refractivity contribution >= 4 is 29.1 Å². The molecule has 0 saturated carbocycles. The van der Waals surface area contributed by atoms with Crippen LogP contribution >= 0.6 is 11.6 Å². The third kappa shape index (κ3) is 5.61. The molecule has 0 unspecified atom stereocenters. The molecule has 160 valence electrons. The summed E-state index contributed by atoms with van der Waals surface area (Å²) >= 11 is 5.87. The summed E-state index contributed by atoms with van der Waals surface area (Å²) in [6.45, 7) is 3.30. The van der Waals surface area contributed by atoms with Crippen molar-refractivity contribution in [2.75, 3.05) is 51.3 Å². The fourth-order valence-electron chi connectivity index (χ4n) is 3.65. The molecule has 2 saturated heterocycles. The van der Waals surface area contributed by atoms with Gasteiger partial charge in [0.15, 0.2) is 0 Å². The summed E-state index contributed by atoms with van der Waals surface area (Å²) in [6, 6.07) is 3.37. The van der Waals surface area contributed by atoms with E-state index in [2.05, 4.69) is 5.32 Å². The highest BCUT2D eigenvalue weighted by molar-refractivity contribution is 6.34. The highest BCUT2D eigenvalue weighted by atomic mass is 35.5. The molecule has 0 radical (unpaired) electrons. The minimum absolute atomic E-state index is 0.0546. The molecule has 0 aliphatic carbocycles. The Hall–Kier alpha value is -1.84. The van der Waals surface area contributed by atoms with Gasteiger partial charge >= 0.3 is 6.18 Å². The predicted molar refractivity (Wildman–Crippen MR) is 102 cm³/mol. The Balaban J connectivity index is 1.52. The minimum Gasteiger partial charge on any atom is -0.378 e. The third-order valence-electron chi connectivity index (χ3n) is 5.21. The van der Waals surface area contributed by atoms with Gasteiger partial charge in [0.05, 0.1) is 36.0 Å². The Bertz CT molecular complexity index is 746. The minimum atomic E-state index is -4.62. The van der Waals surface area contributed by atoms with Crippen LogP contribution in [-0.2, 0) is 20.5 Å². The number of amides is 2. The van der Waals surface area contributed by atoms with E-state index in [1.807, 2.05) is 9.80 Å². The maximum Gasteiger partial charge on any atom is 0.418 e. The molecule has 6 nitrogen and oxygen atoms in total. The molecule has 1 N–H and O–H groups in total. The van der Waals surface area contributed by atoms with Gasteiger partial charge in [-0.15, -0.1) is 0 Å². The van der Waals surface area contributed by atoms with Gasteiger partial charge in [0, 0.05) is 19.0 Å². The zero-order chi connectivity index (χ0) is 21.0. The van der Waals surface area contributed by atoms with Crippen LogP contribution in [0.15, 0.2) is 18.2 Å². The van der Waals surface area contributed by atoms with Gasteiger partial charge < -0.3 is 15.0 Å². The summed E-state index contributed by atoms with van der Waals surface area (Å²) in [6.07, 6.45) is -3.39. The number of hydrogen-bond donors (Lipinski definition) is 1. The topological polar surface area (TPSA) is 61.9 Å². The van der Waals surface area contributed by atoms with Gasteiger partial charge in [-0.3, -0.25) is 14.5 Å². The Morgan fingerprint density at radius 3 is 2.41 bits per heavy atom. The van der Waals surface area contributed by atoms with E-state index in [1.54, 1.807) is 0 Å². The van der Waals surface area contributed by atoms with Crippen molar-refractivity contribution in [3.8, 4) is 0 Å². The molecule has 0 atom stereocenters. The van der Waals surface area contributed by atoms with E-state index in [9.17, 15) is 22.8 Å². The fourth-order valence-corrected chi connectivity index (χ4v) is 3.87. The Morgan fingerprint density at radius 2 is 1.79 bits per heavy atom. The van der Waals surface area contributed by atoms with Crippen molar-refractivity contribution in [2.45, 2.75) is 19.0 Å². The first-order chi connectivity index (χ1) is 13.8. The van der Waals surface area contributed by atoms with E-state index < -0.39 is 23.3 Å². The first-order valence-corrected chi connectivity index (χ1v) is 9.88. The second kappa shape index (κ2) is 9.32. The first kappa shape index (κ1) is 21.9. The maximum absolute atomic E-state index is 13.1. The zero-order valence-electron chi connectivity index (χ0n) is 15.8. The zero-order valence-corrected chi connectivity index (χ0v) is 16.6. The first-order valence-electron chi connectivity index (χ1n) is 9.50. The number of ether oxygens (including phenoxy) is 1. The number of carbonyl (C=O) groups excluding carboxylic acids is 2. The molecule has 2 fully saturated rings. The van der Waals surface area contributed by atoms with Crippen molar-refractivity contribution in [3.05, 3.63) is 28.8 Å².